The Kier molecular flexibility index (Phi) is 7.76. The largest absolute Gasteiger partial charge is 0.326 e. The number of nitrogens with zero attached hydrogens (tertiary/aromatic N) is 3. The number of aliphatic imine (C=N–C) groups is 1. The van der Waals surface area contributed by atoms with Gasteiger partial charge in [0.15, 0.2) is 0 Å². The Bertz CT molecular complexity index is 1090. The molecule has 0 saturated heterocycles. The average Bonchev–Trinajstić information content (AvgIpc) is 3.00. The monoisotopic (exact) mass is 455 g/mol. The number of guanidine groups is 1. The molecule has 0 aliphatic rings. The van der Waals surface area contributed by atoms with Gasteiger partial charge in [0.2, 0.25) is 5.96 Å². The zero-order valence-electron chi connectivity index (χ0n) is 18.1. The van der Waals surface area contributed by atoms with Gasteiger partial charge in [0.1, 0.15) is 0 Å². The highest BCUT2D eigenvalue weighted by molar-refractivity contribution is 7.98. The summed E-state index contributed by atoms with van der Waals surface area (Å²) in [6.45, 7) is 4.56. The minimum Gasteiger partial charge on any atom is -0.326 e. The lowest BCUT2D eigenvalue weighted by Gasteiger charge is -2.13. The molecule has 3 rings (SSSR count). The highest BCUT2D eigenvalue weighted by Gasteiger charge is 2.12. The number of aryl methyl sites for hydroxylation is 2. The van der Waals surface area contributed by atoms with Gasteiger partial charge in [0.25, 0.3) is 5.91 Å². The van der Waals surface area contributed by atoms with Gasteiger partial charge in [-0.25, -0.2) is 0 Å². The second-order valence-corrected chi connectivity index (χ2v) is 8.39. The number of anilines is 1. The molecule has 0 fully saturated rings. The molecular weight excluding hydrogens is 430 g/mol. The van der Waals surface area contributed by atoms with E-state index in [1.165, 1.54) is 5.56 Å². The second-order valence-electron chi connectivity index (χ2n) is 7.07. The molecule has 8 heteroatoms. The van der Waals surface area contributed by atoms with Crippen LogP contribution in [0.3, 0.4) is 0 Å². The van der Waals surface area contributed by atoms with E-state index in [9.17, 15) is 4.79 Å². The first-order chi connectivity index (χ1) is 14.9. The molecule has 0 saturated carbocycles. The van der Waals surface area contributed by atoms with Crippen molar-refractivity contribution in [2.24, 2.45) is 12.0 Å². The zero-order chi connectivity index (χ0) is 22.4. The second kappa shape index (κ2) is 10.5. The molecule has 0 aliphatic heterocycles. The standard InChI is InChI=1S/C23H26ClN5OS/c1-15-21(16(2)29(3)28-15)12-13-25-23(26-19-6-5-7-20(14-19)31-4)27-22(30)17-8-10-18(24)11-9-17/h5-11,14H,12-13H2,1-4H3,(H2,25,26,27,30). The van der Waals surface area contributed by atoms with Crippen LogP contribution in [0.15, 0.2) is 58.4 Å². The number of carbonyl (C=O) groups is 1. The fourth-order valence-electron chi connectivity index (χ4n) is 3.19. The van der Waals surface area contributed by atoms with Crippen molar-refractivity contribution in [1.82, 2.24) is 15.1 Å². The summed E-state index contributed by atoms with van der Waals surface area (Å²) in [5, 5.41) is 11.2. The molecule has 1 aromatic heterocycles. The van der Waals surface area contributed by atoms with Crippen LogP contribution < -0.4 is 10.6 Å². The molecule has 0 radical (unpaired) electrons. The number of aromatic nitrogens is 2. The first kappa shape index (κ1) is 22.9. The van der Waals surface area contributed by atoms with Crippen LogP contribution in [0.5, 0.6) is 0 Å². The minimum atomic E-state index is -0.252. The summed E-state index contributed by atoms with van der Waals surface area (Å²) in [6.07, 6.45) is 2.76. The molecule has 0 aliphatic carbocycles. The van der Waals surface area contributed by atoms with Crippen LogP contribution in [-0.4, -0.2) is 34.4 Å². The Labute approximate surface area is 192 Å². The average molecular weight is 456 g/mol. The topological polar surface area (TPSA) is 71.3 Å². The van der Waals surface area contributed by atoms with Crippen molar-refractivity contribution in [3.63, 3.8) is 0 Å². The number of benzene rings is 2. The number of rotatable bonds is 6. The molecule has 3 aromatic rings. The molecule has 31 heavy (non-hydrogen) atoms. The summed E-state index contributed by atoms with van der Waals surface area (Å²) in [5.74, 6) is 0.148. The van der Waals surface area contributed by atoms with E-state index in [0.717, 1.165) is 28.4 Å². The number of carbonyl (C=O) groups excluding carboxylic acids is 1. The molecule has 0 atom stereocenters. The third-order valence-electron chi connectivity index (χ3n) is 4.96. The van der Waals surface area contributed by atoms with E-state index in [1.54, 1.807) is 36.0 Å². The third kappa shape index (κ3) is 6.12. The molecule has 0 bridgehead atoms. The van der Waals surface area contributed by atoms with E-state index in [-0.39, 0.29) is 5.91 Å². The number of hydrogen-bond acceptors (Lipinski definition) is 4. The van der Waals surface area contributed by atoms with Crippen molar-refractivity contribution >= 4 is 40.9 Å². The Morgan fingerprint density at radius 3 is 2.58 bits per heavy atom. The lowest BCUT2D eigenvalue weighted by Crippen LogP contribution is -2.36. The molecule has 2 aromatic carbocycles. The predicted molar refractivity (Wildman–Crippen MR) is 129 cm³/mol. The molecule has 0 unspecified atom stereocenters. The number of hydrogen-bond donors (Lipinski definition) is 2. The van der Waals surface area contributed by atoms with Crippen LogP contribution in [0.2, 0.25) is 5.02 Å². The van der Waals surface area contributed by atoms with Crippen LogP contribution in [0.1, 0.15) is 27.3 Å². The van der Waals surface area contributed by atoms with E-state index in [2.05, 4.69) is 27.6 Å². The predicted octanol–water partition coefficient (Wildman–Crippen LogP) is 4.85. The van der Waals surface area contributed by atoms with E-state index in [0.29, 0.717) is 23.1 Å². The zero-order valence-corrected chi connectivity index (χ0v) is 19.6. The van der Waals surface area contributed by atoms with Gasteiger partial charge in [-0.2, -0.15) is 5.10 Å². The molecule has 6 nitrogen and oxygen atoms in total. The summed E-state index contributed by atoms with van der Waals surface area (Å²) in [7, 11) is 1.94. The van der Waals surface area contributed by atoms with Gasteiger partial charge in [-0.1, -0.05) is 17.7 Å². The minimum absolute atomic E-state index is 0.252. The van der Waals surface area contributed by atoms with Crippen molar-refractivity contribution in [2.45, 2.75) is 25.2 Å². The fourth-order valence-corrected chi connectivity index (χ4v) is 3.77. The van der Waals surface area contributed by atoms with E-state index >= 15 is 0 Å². The van der Waals surface area contributed by atoms with Crippen LogP contribution in [0.4, 0.5) is 5.69 Å². The van der Waals surface area contributed by atoms with E-state index in [1.807, 2.05) is 49.2 Å². The molecule has 0 spiro atoms. The Balaban J connectivity index is 1.79. The fraction of sp³-hybridized carbons (Fsp3) is 0.261. The van der Waals surface area contributed by atoms with Crippen LogP contribution in [-0.2, 0) is 13.5 Å². The Morgan fingerprint density at radius 1 is 1.19 bits per heavy atom. The van der Waals surface area contributed by atoms with Gasteiger partial charge in [-0.15, -0.1) is 11.8 Å². The van der Waals surface area contributed by atoms with Gasteiger partial charge in [0.05, 0.1) is 5.69 Å². The quantitative estimate of drug-likeness (QED) is 0.316. The van der Waals surface area contributed by atoms with E-state index < -0.39 is 0 Å². The summed E-state index contributed by atoms with van der Waals surface area (Å²) in [6, 6.07) is 14.7. The van der Waals surface area contributed by atoms with Gasteiger partial charge in [-0.3, -0.25) is 19.8 Å². The Hall–Kier alpha value is -2.77. The molecular formula is C23H26ClN5OS. The highest BCUT2D eigenvalue weighted by Crippen LogP contribution is 2.19. The third-order valence-corrected chi connectivity index (χ3v) is 5.94. The maximum Gasteiger partial charge on any atom is 0.257 e. The molecule has 1 heterocycles. The number of thioether (sulfide) groups is 1. The number of nitrogens with one attached hydrogen (secondary N) is 2. The highest BCUT2D eigenvalue weighted by atomic mass is 35.5. The lowest BCUT2D eigenvalue weighted by atomic mass is 10.1. The SMILES string of the molecule is CSc1cccc(NC(=NCCc2c(C)nn(C)c2C)NC(=O)c2ccc(Cl)cc2)c1. The van der Waals surface area contributed by atoms with Crippen LogP contribution >= 0.6 is 23.4 Å². The van der Waals surface area contributed by atoms with E-state index in [4.69, 9.17) is 11.6 Å². The molecule has 2 N–H and O–H groups in total. The van der Waals surface area contributed by atoms with Crippen molar-refractivity contribution < 1.29 is 4.79 Å². The summed E-state index contributed by atoms with van der Waals surface area (Å²) in [5.41, 5.74) is 4.67. The summed E-state index contributed by atoms with van der Waals surface area (Å²) >= 11 is 7.59. The summed E-state index contributed by atoms with van der Waals surface area (Å²) in [4.78, 5) is 18.5. The first-order valence-electron chi connectivity index (χ1n) is 9.89. The van der Waals surface area contributed by atoms with Crippen LogP contribution in [0, 0.1) is 13.8 Å². The maximum absolute atomic E-state index is 12.7. The van der Waals surface area contributed by atoms with Crippen molar-refractivity contribution in [3.8, 4) is 0 Å². The van der Waals surface area contributed by atoms with Crippen molar-refractivity contribution in [1.29, 1.82) is 0 Å². The number of halogens is 1. The van der Waals surface area contributed by atoms with Gasteiger partial charge >= 0.3 is 0 Å². The van der Waals surface area contributed by atoms with Crippen LogP contribution in [0.25, 0.3) is 0 Å². The first-order valence-corrected chi connectivity index (χ1v) is 11.5. The summed E-state index contributed by atoms with van der Waals surface area (Å²) < 4.78 is 1.88. The van der Waals surface area contributed by atoms with Gasteiger partial charge in [-0.05, 0) is 74.6 Å². The molecule has 1 amide bonds. The smallest absolute Gasteiger partial charge is 0.257 e. The normalized spacial score (nSPS) is 11.5. The van der Waals surface area contributed by atoms with Crippen molar-refractivity contribution in [2.75, 3.05) is 18.1 Å². The maximum atomic E-state index is 12.7. The lowest BCUT2D eigenvalue weighted by molar-refractivity contribution is 0.0977. The van der Waals surface area contributed by atoms with Gasteiger partial charge in [0, 0.05) is 40.5 Å². The molecule has 162 valence electrons. The Morgan fingerprint density at radius 2 is 1.94 bits per heavy atom. The number of amides is 1. The van der Waals surface area contributed by atoms with Gasteiger partial charge < -0.3 is 5.32 Å². The van der Waals surface area contributed by atoms with Crippen molar-refractivity contribution in [3.05, 3.63) is 76.1 Å².